The molecule has 1 aromatic carbocycles. The minimum atomic E-state index is 0.0562. The molecule has 0 radical (unpaired) electrons. The Kier molecular flexibility index (Phi) is 4.15. The third-order valence-electron chi connectivity index (χ3n) is 2.80. The Labute approximate surface area is 106 Å². The van der Waals surface area contributed by atoms with E-state index in [-0.39, 0.29) is 12.5 Å². The lowest BCUT2D eigenvalue weighted by molar-refractivity contribution is -0.133. The lowest BCUT2D eigenvalue weighted by Crippen LogP contribution is -2.43. The Morgan fingerprint density at radius 3 is 2.94 bits per heavy atom. The maximum Gasteiger partial charge on any atom is 0.242 e. The van der Waals surface area contributed by atoms with Crippen LogP contribution >= 0.6 is 0 Å². The van der Waals surface area contributed by atoms with Gasteiger partial charge >= 0.3 is 0 Å². The first-order valence-electron chi connectivity index (χ1n) is 5.89. The lowest BCUT2D eigenvalue weighted by atomic mass is 10.2. The van der Waals surface area contributed by atoms with Crippen molar-refractivity contribution in [2.45, 2.75) is 0 Å². The predicted octanol–water partition coefficient (Wildman–Crippen LogP) is 0.829. The molecule has 1 heterocycles. The number of nitriles is 1. The third-order valence-corrected chi connectivity index (χ3v) is 2.80. The van der Waals surface area contributed by atoms with Gasteiger partial charge in [0.1, 0.15) is 0 Å². The number of amides is 1. The highest BCUT2D eigenvalue weighted by Crippen LogP contribution is 2.09. The molecular weight excluding hydrogens is 230 g/mol. The molecule has 0 saturated carbocycles. The first kappa shape index (κ1) is 12.4. The SMILES string of the molecule is N#Cc1cccc(NCC(=O)N2CCOCC2)c1. The average molecular weight is 245 g/mol. The molecule has 0 unspecified atom stereocenters. The van der Waals surface area contributed by atoms with Crippen LogP contribution in [0.5, 0.6) is 0 Å². The fourth-order valence-corrected chi connectivity index (χ4v) is 1.80. The molecule has 2 rings (SSSR count). The molecule has 5 nitrogen and oxygen atoms in total. The molecule has 1 saturated heterocycles. The van der Waals surface area contributed by atoms with E-state index < -0.39 is 0 Å². The highest BCUT2D eigenvalue weighted by atomic mass is 16.5. The van der Waals surface area contributed by atoms with Gasteiger partial charge in [-0.2, -0.15) is 5.26 Å². The Hall–Kier alpha value is -2.06. The van der Waals surface area contributed by atoms with E-state index in [1.54, 1.807) is 23.1 Å². The van der Waals surface area contributed by atoms with E-state index in [0.29, 0.717) is 31.9 Å². The summed E-state index contributed by atoms with van der Waals surface area (Å²) < 4.78 is 5.19. The zero-order valence-electron chi connectivity index (χ0n) is 10.1. The number of carbonyl (C=O) groups is 1. The van der Waals surface area contributed by atoms with Gasteiger partial charge in [-0.15, -0.1) is 0 Å². The topological polar surface area (TPSA) is 65.4 Å². The predicted molar refractivity (Wildman–Crippen MR) is 67.0 cm³/mol. The summed E-state index contributed by atoms with van der Waals surface area (Å²) in [6.45, 7) is 2.76. The first-order chi connectivity index (χ1) is 8.79. The van der Waals surface area contributed by atoms with Crippen LogP contribution in [0.25, 0.3) is 0 Å². The molecule has 5 heteroatoms. The zero-order valence-corrected chi connectivity index (χ0v) is 10.1. The summed E-state index contributed by atoms with van der Waals surface area (Å²) in [6, 6.07) is 9.16. The van der Waals surface area contributed by atoms with Crippen LogP contribution in [-0.4, -0.2) is 43.7 Å². The molecule has 18 heavy (non-hydrogen) atoms. The molecule has 94 valence electrons. The maximum absolute atomic E-state index is 11.9. The number of morpholine rings is 1. The van der Waals surface area contributed by atoms with Crippen molar-refractivity contribution >= 4 is 11.6 Å². The molecule has 1 aliphatic rings. The molecule has 1 amide bonds. The summed E-state index contributed by atoms with van der Waals surface area (Å²) in [6.07, 6.45) is 0. The number of nitrogens with zero attached hydrogens (tertiary/aromatic N) is 2. The van der Waals surface area contributed by atoms with Crippen LogP contribution in [0.2, 0.25) is 0 Å². The zero-order chi connectivity index (χ0) is 12.8. The highest BCUT2D eigenvalue weighted by molar-refractivity contribution is 5.81. The summed E-state index contributed by atoms with van der Waals surface area (Å²) in [4.78, 5) is 13.7. The van der Waals surface area contributed by atoms with Gasteiger partial charge in [0.15, 0.2) is 0 Å². The van der Waals surface area contributed by atoms with E-state index in [9.17, 15) is 4.79 Å². The summed E-state index contributed by atoms with van der Waals surface area (Å²) >= 11 is 0. The fourth-order valence-electron chi connectivity index (χ4n) is 1.80. The fraction of sp³-hybridized carbons (Fsp3) is 0.385. The number of nitrogens with one attached hydrogen (secondary N) is 1. The van der Waals surface area contributed by atoms with Crippen LogP contribution in [0.1, 0.15) is 5.56 Å². The second kappa shape index (κ2) is 6.03. The van der Waals surface area contributed by atoms with Crippen molar-refractivity contribution in [1.29, 1.82) is 5.26 Å². The third kappa shape index (κ3) is 3.22. The summed E-state index contributed by atoms with van der Waals surface area (Å²) in [5.41, 5.74) is 1.37. The Morgan fingerprint density at radius 2 is 2.22 bits per heavy atom. The molecule has 1 N–H and O–H groups in total. The van der Waals surface area contributed by atoms with Crippen molar-refractivity contribution in [3.05, 3.63) is 29.8 Å². The molecule has 0 bridgehead atoms. The van der Waals surface area contributed by atoms with E-state index in [0.717, 1.165) is 5.69 Å². The van der Waals surface area contributed by atoms with Gasteiger partial charge in [-0.3, -0.25) is 4.79 Å². The van der Waals surface area contributed by atoms with Crippen molar-refractivity contribution in [2.24, 2.45) is 0 Å². The van der Waals surface area contributed by atoms with Crippen molar-refractivity contribution in [2.75, 3.05) is 38.2 Å². The van der Waals surface area contributed by atoms with E-state index in [1.165, 1.54) is 0 Å². The molecule has 1 aromatic rings. The average Bonchev–Trinajstić information content (AvgIpc) is 2.46. The van der Waals surface area contributed by atoms with E-state index in [4.69, 9.17) is 10.00 Å². The van der Waals surface area contributed by atoms with Crippen molar-refractivity contribution in [3.63, 3.8) is 0 Å². The molecular formula is C13H15N3O2. The number of benzene rings is 1. The van der Waals surface area contributed by atoms with Gasteiger partial charge in [-0.25, -0.2) is 0 Å². The van der Waals surface area contributed by atoms with Gasteiger partial charge in [0.2, 0.25) is 5.91 Å². The van der Waals surface area contributed by atoms with Gasteiger partial charge < -0.3 is 15.0 Å². The summed E-state index contributed by atoms with van der Waals surface area (Å²) in [5, 5.41) is 11.8. The second-order valence-corrected chi connectivity index (χ2v) is 4.04. The molecule has 0 atom stereocenters. The van der Waals surface area contributed by atoms with Crippen LogP contribution < -0.4 is 5.32 Å². The van der Waals surface area contributed by atoms with E-state index >= 15 is 0 Å². The van der Waals surface area contributed by atoms with Crippen molar-refractivity contribution in [1.82, 2.24) is 4.90 Å². The standard InChI is InChI=1S/C13H15N3O2/c14-9-11-2-1-3-12(8-11)15-10-13(17)16-4-6-18-7-5-16/h1-3,8,15H,4-7,10H2. The molecule has 1 aliphatic heterocycles. The van der Waals surface area contributed by atoms with Crippen molar-refractivity contribution in [3.8, 4) is 6.07 Å². The normalized spacial score (nSPS) is 14.9. The summed E-state index contributed by atoms with van der Waals surface area (Å²) in [7, 11) is 0. The van der Waals surface area contributed by atoms with Gasteiger partial charge in [0.05, 0.1) is 31.4 Å². The smallest absolute Gasteiger partial charge is 0.242 e. The Bertz CT molecular complexity index is 462. The largest absolute Gasteiger partial charge is 0.378 e. The number of rotatable bonds is 3. The van der Waals surface area contributed by atoms with E-state index in [2.05, 4.69) is 11.4 Å². The van der Waals surface area contributed by atoms with E-state index in [1.807, 2.05) is 6.07 Å². The molecule has 0 aromatic heterocycles. The van der Waals surface area contributed by atoms with Gasteiger partial charge in [-0.05, 0) is 18.2 Å². The monoisotopic (exact) mass is 245 g/mol. The minimum Gasteiger partial charge on any atom is -0.378 e. The number of hydrogen-bond donors (Lipinski definition) is 1. The quantitative estimate of drug-likeness (QED) is 0.856. The first-order valence-corrected chi connectivity index (χ1v) is 5.89. The molecule has 0 aliphatic carbocycles. The number of ether oxygens (including phenoxy) is 1. The number of anilines is 1. The molecule has 1 fully saturated rings. The second-order valence-electron chi connectivity index (χ2n) is 4.04. The Morgan fingerprint density at radius 1 is 1.44 bits per heavy atom. The Balaban J connectivity index is 1.86. The van der Waals surface area contributed by atoms with Crippen LogP contribution in [0.15, 0.2) is 24.3 Å². The van der Waals surface area contributed by atoms with Crippen LogP contribution in [0, 0.1) is 11.3 Å². The maximum atomic E-state index is 11.9. The van der Waals surface area contributed by atoms with Crippen LogP contribution in [0.3, 0.4) is 0 Å². The number of carbonyl (C=O) groups excluding carboxylic acids is 1. The molecule has 0 spiro atoms. The van der Waals surface area contributed by atoms with Gasteiger partial charge in [-0.1, -0.05) is 6.07 Å². The lowest BCUT2D eigenvalue weighted by Gasteiger charge is -2.27. The van der Waals surface area contributed by atoms with Crippen LogP contribution in [-0.2, 0) is 9.53 Å². The van der Waals surface area contributed by atoms with Gasteiger partial charge in [0, 0.05) is 18.8 Å². The summed E-state index contributed by atoms with van der Waals surface area (Å²) in [5.74, 6) is 0.0562. The van der Waals surface area contributed by atoms with Crippen LogP contribution in [0.4, 0.5) is 5.69 Å². The van der Waals surface area contributed by atoms with Gasteiger partial charge in [0.25, 0.3) is 0 Å². The highest BCUT2D eigenvalue weighted by Gasteiger charge is 2.16. The van der Waals surface area contributed by atoms with Crippen molar-refractivity contribution < 1.29 is 9.53 Å². The number of hydrogen-bond acceptors (Lipinski definition) is 4. The minimum absolute atomic E-state index is 0.0562.